The normalized spacial score (nSPS) is 15.7. The molecule has 0 radical (unpaired) electrons. The summed E-state index contributed by atoms with van der Waals surface area (Å²) in [7, 11) is 0. The van der Waals surface area contributed by atoms with Crippen LogP contribution in [0.2, 0.25) is 0 Å². The predicted molar refractivity (Wildman–Crippen MR) is 45.3 cm³/mol. The molecule has 0 fully saturated rings. The van der Waals surface area contributed by atoms with Gasteiger partial charge in [-0.25, -0.2) is 0 Å². The Morgan fingerprint density at radius 3 is 2.40 bits per heavy atom. The Morgan fingerprint density at radius 2 is 2.10 bits per heavy atom. The van der Waals surface area contributed by atoms with Crippen LogP contribution in [0.25, 0.3) is 0 Å². The summed E-state index contributed by atoms with van der Waals surface area (Å²) < 4.78 is 3.93. The van der Waals surface area contributed by atoms with Crippen LogP contribution in [0.3, 0.4) is 0 Å². The molecule has 1 rings (SSSR count). The number of hydrogen-bond acceptors (Lipinski definition) is 0. The summed E-state index contributed by atoms with van der Waals surface area (Å²) in [5, 5.41) is 0. The Morgan fingerprint density at radius 1 is 1.40 bits per heavy atom. The van der Waals surface area contributed by atoms with Crippen molar-refractivity contribution >= 4 is 12.1 Å². The third-order valence-electron chi connectivity index (χ3n) is 1.48. The smallest absolute Gasteiger partial charge is 0.0558 e. The van der Waals surface area contributed by atoms with Crippen molar-refractivity contribution < 1.29 is 0 Å². The minimum Gasteiger partial charge on any atom is -0.0558 e. The molecule has 52 valence electrons. The molecule has 0 aliphatic carbocycles. The third-order valence-corrected chi connectivity index (χ3v) is 1.48. The molecule has 0 unspecified atom stereocenters. The molecule has 0 saturated heterocycles. The molecule has 1 heterocycles. The number of allylic oxidation sites excluding steroid dienone is 3. The van der Waals surface area contributed by atoms with Gasteiger partial charge in [-0.1, -0.05) is 20.8 Å². The van der Waals surface area contributed by atoms with Gasteiger partial charge in [-0.2, -0.15) is 0 Å². The van der Waals surface area contributed by atoms with E-state index in [0.717, 1.165) is 0 Å². The Kier molecular flexibility index (Phi) is 1.63. The van der Waals surface area contributed by atoms with Crippen molar-refractivity contribution in [2.24, 2.45) is 5.41 Å². The molecule has 0 atom stereocenters. The molecule has 0 spiro atoms. The molecular formula is C9H12N+. The first kappa shape index (κ1) is 7.08. The van der Waals surface area contributed by atoms with E-state index in [2.05, 4.69) is 31.3 Å². The van der Waals surface area contributed by atoms with Crippen molar-refractivity contribution in [1.82, 2.24) is 4.67 Å². The molecule has 1 heteroatoms. The van der Waals surface area contributed by atoms with E-state index in [4.69, 9.17) is 0 Å². The van der Waals surface area contributed by atoms with Crippen LogP contribution in [-0.4, -0.2) is 12.1 Å². The van der Waals surface area contributed by atoms with E-state index >= 15 is 0 Å². The van der Waals surface area contributed by atoms with Gasteiger partial charge in [0.1, 0.15) is 0 Å². The van der Waals surface area contributed by atoms with Crippen LogP contribution in [0, 0.1) is 5.41 Å². The SMILES string of the molecule is CC(C)(C)C1=CC=C=[N+]=C1. The zero-order valence-corrected chi connectivity index (χ0v) is 6.68. The maximum absolute atomic E-state index is 3.93. The lowest BCUT2D eigenvalue weighted by atomic mass is 9.87. The molecule has 0 N–H and O–H groups in total. The van der Waals surface area contributed by atoms with Crippen molar-refractivity contribution in [3.63, 3.8) is 0 Å². The second kappa shape index (κ2) is 2.30. The lowest BCUT2D eigenvalue weighted by molar-refractivity contribution is 0.526. The maximum Gasteiger partial charge on any atom is 0.311 e. The van der Waals surface area contributed by atoms with Crippen LogP contribution in [0.1, 0.15) is 20.8 Å². The second-order valence-electron chi connectivity index (χ2n) is 3.43. The minimum atomic E-state index is 0.210. The summed E-state index contributed by atoms with van der Waals surface area (Å²) in [6.45, 7) is 6.51. The van der Waals surface area contributed by atoms with Gasteiger partial charge < -0.3 is 0 Å². The number of hydrogen-bond donors (Lipinski definition) is 0. The number of nitrogens with zero attached hydrogens (tertiary/aromatic N) is 1. The van der Waals surface area contributed by atoms with Crippen LogP contribution in [0.15, 0.2) is 17.7 Å². The van der Waals surface area contributed by atoms with Gasteiger partial charge in [0.2, 0.25) is 0 Å². The van der Waals surface area contributed by atoms with Crippen molar-refractivity contribution in [1.29, 1.82) is 0 Å². The summed E-state index contributed by atoms with van der Waals surface area (Å²) >= 11 is 0. The van der Waals surface area contributed by atoms with E-state index in [9.17, 15) is 0 Å². The van der Waals surface area contributed by atoms with Crippen molar-refractivity contribution in [2.75, 3.05) is 0 Å². The first-order chi connectivity index (χ1) is 4.61. The van der Waals surface area contributed by atoms with E-state index in [1.807, 2.05) is 18.4 Å². The van der Waals surface area contributed by atoms with Crippen LogP contribution in [0.5, 0.6) is 0 Å². The molecular weight excluding hydrogens is 122 g/mol. The van der Waals surface area contributed by atoms with Gasteiger partial charge in [-0.3, -0.25) is 0 Å². The monoisotopic (exact) mass is 134 g/mol. The largest absolute Gasteiger partial charge is 0.311 e. The molecule has 0 saturated carbocycles. The predicted octanol–water partition coefficient (Wildman–Crippen LogP) is 1.34. The second-order valence-corrected chi connectivity index (χ2v) is 3.43. The van der Waals surface area contributed by atoms with E-state index in [0.29, 0.717) is 0 Å². The van der Waals surface area contributed by atoms with Gasteiger partial charge in [0.15, 0.2) is 0 Å². The summed E-state index contributed by atoms with van der Waals surface area (Å²) in [4.78, 5) is 0. The average Bonchev–Trinajstić information content (AvgIpc) is 1.88. The topological polar surface area (TPSA) is 14.1 Å². The molecule has 1 aliphatic rings. The highest BCUT2D eigenvalue weighted by Gasteiger charge is 2.18. The van der Waals surface area contributed by atoms with Gasteiger partial charge >= 0.3 is 12.1 Å². The van der Waals surface area contributed by atoms with Gasteiger partial charge in [0, 0.05) is 5.57 Å². The van der Waals surface area contributed by atoms with Crippen LogP contribution < -0.4 is 4.67 Å². The zero-order valence-electron chi connectivity index (χ0n) is 6.68. The molecule has 0 aromatic rings. The van der Waals surface area contributed by atoms with Crippen molar-refractivity contribution in [2.45, 2.75) is 20.8 Å². The van der Waals surface area contributed by atoms with Crippen LogP contribution >= 0.6 is 0 Å². The fraction of sp³-hybridized carbons (Fsp3) is 0.444. The quantitative estimate of drug-likeness (QED) is 0.444. The first-order valence-corrected chi connectivity index (χ1v) is 3.43. The van der Waals surface area contributed by atoms with Crippen LogP contribution in [0.4, 0.5) is 0 Å². The van der Waals surface area contributed by atoms with Crippen LogP contribution in [-0.2, 0) is 0 Å². The van der Waals surface area contributed by atoms with E-state index in [-0.39, 0.29) is 5.41 Å². The minimum absolute atomic E-state index is 0.210. The highest BCUT2D eigenvalue weighted by molar-refractivity contribution is 5.84. The lowest BCUT2D eigenvalue weighted by Gasteiger charge is -2.15. The maximum atomic E-state index is 3.93. The van der Waals surface area contributed by atoms with Gasteiger partial charge in [0.05, 0.1) is 6.08 Å². The highest BCUT2D eigenvalue weighted by atomic mass is 14.5. The molecule has 0 amide bonds. The lowest BCUT2D eigenvalue weighted by Crippen LogP contribution is -2.12. The van der Waals surface area contributed by atoms with Gasteiger partial charge in [-0.05, 0) is 16.2 Å². The summed E-state index contributed by atoms with van der Waals surface area (Å²) in [5.41, 5.74) is 1.47. The van der Waals surface area contributed by atoms with E-state index in [1.54, 1.807) is 0 Å². The molecule has 1 nitrogen and oxygen atoms in total. The van der Waals surface area contributed by atoms with E-state index < -0.39 is 0 Å². The molecule has 1 aliphatic heterocycles. The Balaban J connectivity index is 2.91. The summed E-state index contributed by atoms with van der Waals surface area (Å²) in [6.07, 6.45) is 5.76. The third kappa shape index (κ3) is 1.48. The fourth-order valence-electron chi connectivity index (χ4n) is 0.764. The highest BCUT2D eigenvalue weighted by Crippen LogP contribution is 2.22. The molecule has 10 heavy (non-hydrogen) atoms. The summed E-state index contributed by atoms with van der Waals surface area (Å²) in [5.74, 6) is 2.75. The van der Waals surface area contributed by atoms with Crippen molar-refractivity contribution in [3.8, 4) is 0 Å². The molecule has 0 aromatic carbocycles. The van der Waals surface area contributed by atoms with Gasteiger partial charge in [-0.15, -0.1) is 0 Å². The standard InChI is InChI=1S/C9H12N/c1-9(2,3)8-5-4-6-10-7-8/h4-5,7H,1-3H3/q+1. The fourth-order valence-corrected chi connectivity index (χ4v) is 0.764. The first-order valence-electron chi connectivity index (χ1n) is 3.43. The Bertz CT molecular complexity index is 251. The van der Waals surface area contributed by atoms with Gasteiger partial charge in [0.25, 0.3) is 0 Å². The van der Waals surface area contributed by atoms with Crippen molar-refractivity contribution in [3.05, 3.63) is 17.7 Å². The summed E-state index contributed by atoms with van der Waals surface area (Å²) in [6, 6.07) is 0. The molecule has 0 bridgehead atoms. The Labute approximate surface area is 61.5 Å². The number of rotatable bonds is 0. The average molecular weight is 134 g/mol. The molecule has 0 aromatic heterocycles. The Hall–Kier alpha value is -1.03. The van der Waals surface area contributed by atoms with E-state index in [1.165, 1.54) is 5.57 Å². The zero-order chi connectivity index (χ0) is 7.61.